The molecule has 164 valence electrons. The molecule has 0 aliphatic heterocycles. The van der Waals surface area contributed by atoms with E-state index in [1.807, 2.05) is 80.1 Å². The molecule has 0 saturated heterocycles. The fourth-order valence-electron chi connectivity index (χ4n) is 3.39. The van der Waals surface area contributed by atoms with E-state index >= 15 is 0 Å². The molecule has 2 atom stereocenters. The zero-order valence-electron chi connectivity index (χ0n) is 18.1. The van der Waals surface area contributed by atoms with Crippen LogP contribution in [0.25, 0.3) is 10.8 Å². The zero-order valence-corrected chi connectivity index (χ0v) is 19.8. The quantitative estimate of drug-likeness (QED) is 0.392. The lowest BCUT2D eigenvalue weighted by Gasteiger charge is -2.37. The van der Waals surface area contributed by atoms with Crippen LogP contribution < -0.4 is 4.72 Å². The molecule has 0 radical (unpaired) electrons. The van der Waals surface area contributed by atoms with Crippen molar-refractivity contribution < 1.29 is 18.5 Å². The summed E-state index contributed by atoms with van der Waals surface area (Å²) < 4.78 is 20.7. The summed E-state index contributed by atoms with van der Waals surface area (Å²) in [5.41, 5.74) is 0.608. The van der Waals surface area contributed by atoms with Crippen molar-refractivity contribution in [1.29, 1.82) is 0 Å². The van der Waals surface area contributed by atoms with E-state index in [4.69, 9.17) is 0 Å². The van der Waals surface area contributed by atoms with Gasteiger partial charge in [0.1, 0.15) is 12.2 Å². The van der Waals surface area contributed by atoms with Crippen LogP contribution in [0.15, 0.2) is 59.3 Å². The molecular formula is C24H27NO4S2. The summed E-state index contributed by atoms with van der Waals surface area (Å²) in [5, 5.41) is 5.97. The molecule has 2 aromatic carbocycles. The lowest BCUT2D eigenvalue weighted by atomic mass is 9.80. The van der Waals surface area contributed by atoms with Crippen LogP contribution in [-0.2, 0) is 30.9 Å². The molecule has 3 aromatic rings. The molecule has 0 saturated carbocycles. The van der Waals surface area contributed by atoms with Crippen molar-refractivity contribution >= 4 is 44.8 Å². The second-order valence-electron chi connectivity index (χ2n) is 8.43. The molecule has 1 N–H and O–H groups in total. The molecule has 5 nitrogen and oxygen atoms in total. The number of ketones is 1. The molecule has 3 rings (SSSR count). The van der Waals surface area contributed by atoms with Gasteiger partial charge in [0.25, 0.3) is 0 Å². The Balaban J connectivity index is 2.18. The van der Waals surface area contributed by atoms with Gasteiger partial charge in [-0.15, -0.1) is 0 Å². The fraction of sp³-hybridized carbons (Fsp3) is 0.333. The normalized spacial score (nSPS) is 14.7. The molecule has 1 aromatic heterocycles. The number of carbonyl (C=O) groups excluding carboxylic acids is 2. The first kappa shape index (κ1) is 23.3. The number of esters is 1. The highest BCUT2D eigenvalue weighted by molar-refractivity contribution is 7.84. The number of Topliss-reactive ketones (excluding diaryl/α,β-unsaturated/α-hetero) is 1. The molecule has 0 spiro atoms. The van der Waals surface area contributed by atoms with E-state index in [0.29, 0.717) is 0 Å². The molecule has 0 fully saturated rings. The zero-order chi connectivity index (χ0) is 22.6. The van der Waals surface area contributed by atoms with Crippen molar-refractivity contribution in [3.8, 4) is 0 Å². The van der Waals surface area contributed by atoms with Gasteiger partial charge in [-0.2, -0.15) is 11.3 Å². The van der Waals surface area contributed by atoms with Crippen LogP contribution in [0.3, 0.4) is 0 Å². The number of ether oxygens (including phenoxy) is 1. The number of methoxy groups -OCH3 is 1. The third-order valence-corrected chi connectivity index (χ3v) is 7.44. The van der Waals surface area contributed by atoms with Crippen molar-refractivity contribution in [1.82, 2.24) is 4.72 Å². The van der Waals surface area contributed by atoms with E-state index in [-0.39, 0.29) is 18.6 Å². The highest BCUT2D eigenvalue weighted by Crippen LogP contribution is 2.38. The summed E-state index contributed by atoms with van der Waals surface area (Å²) in [6, 6.07) is 15.9. The molecular weight excluding hydrogens is 430 g/mol. The van der Waals surface area contributed by atoms with Gasteiger partial charge in [0, 0.05) is 6.42 Å². The van der Waals surface area contributed by atoms with Crippen LogP contribution in [0.1, 0.15) is 44.7 Å². The second kappa shape index (κ2) is 9.42. The first-order valence-electron chi connectivity index (χ1n) is 9.96. The summed E-state index contributed by atoms with van der Waals surface area (Å²) in [6.07, 6.45) is -0.362. The van der Waals surface area contributed by atoms with Gasteiger partial charge in [-0.3, -0.25) is 9.59 Å². The molecule has 1 heterocycles. The standard InChI is InChI=1S/C24H27NO4S2/c1-23(2,3)31(28)25-24(20-11-12-30-16-20,15-21(26)14-22(27)29-4)19-10-9-17-7-5-6-8-18(17)13-19/h5-13,16,25H,14-15H2,1-4H3. The Bertz CT molecular complexity index is 1100. The molecule has 31 heavy (non-hydrogen) atoms. The highest BCUT2D eigenvalue weighted by atomic mass is 32.2. The first-order chi connectivity index (χ1) is 14.7. The number of hydrogen-bond acceptors (Lipinski definition) is 5. The van der Waals surface area contributed by atoms with Crippen molar-refractivity contribution in [3.63, 3.8) is 0 Å². The Morgan fingerprint density at radius 3 is 2.35 bits per heavy atom. The molecule has 7 heteroatoms. The van der Waals surface area contributed by atoms with E-state index in [0.717, 1.165) is 21.9 Å². The van der Waals surface area contributed by atoms with Crippen molar-refractivity contribution in [3.05, 3.63) is 70.4 Å². The lowest BCUT2D eigenvalue weighted by Crippen LogP contribution is -2.50. The maximum Gasteiger partial charge on any atom is 0.313 e. The third kappa shape index (κ3) is 5.29. The van der Waals surface area contributed by atoms with Crippen molar-refractivity contribution in [2.24, 2.45) is 0 Å². The van der Waals surface area contributed by atoms with Crippen molar-refractivity contribution in [2.75, 3.05) is 7.11 Å². The molecule has 0 aliphatic rings. The number of benzene rings is 2. The van der Waals surface area contributed by atoms with E-state index in [2.05, 4.69) is 9.46 Å². The van der Waals surface area contributed by atoms with Gasteiger partial charge in [-0.1, -0.05) is 36.4 Å². The van der Waals surface area contributed by atoms with E-state index in [1.54, 1.807) is 0 Å². The number of nitrogens with one attached hydrogen (secondary N) is 1. The molecule has 0 aliphatic carbocycles. The van der Waals surface area contributed by atoms with Gasteiger partial charge in [0.2, 0.25) is 0 Å². The first-order valence-corrected chi connectivity index (χ1v) is 12.0. The second-order valence-corrected chi connectivity index (χ2v) is 11.2. The predicted octanol–water partition coefficient (Wildman–Crippen LogP) is 4.72. The minimum absolute atomic E-state index is 0.0288. The van der Waals surface area contributed by atoms with Gasteiger partial charge in [-0.25, -0.2) is 8.93 Å². The van der Waals surface area contributed by atoms with Gasteiger partial charge >= 0.3 is 5.97 Å². The van der Waals surface area contributed by atoms with Crippen LogP contribution in [0.4, 0.5) is 0 Å². The average molecular weight is 458 g/mol. The minimum Gasteiger partial charge on any atom is -0.469 e. The van der Waals surface area contributed by atoms with E-state index in [9.17, 15) is 13.8 Å². The smallest absolute Gasteiger partial charge is 0.313 e. The number of rotatable bonds is 8. The largest absolute Gasteiger partial charge is 0.469 e. The molecule has 0 amide bonds. The Hall–Kier alpha value is -2.35. The monoisotopic (exact) mass is 457 g/mol. The van der Waals surface area contributed by atoms with Crippen LogP contribution >= 0.6 is 11.3 Å². The van der Waals surface area contributed by atoms with Gasteiger partial charge in [0.15, 0.2) is 0 Å². The SMILES string of the molecule is COC(=O)CC(=O)CC(NS(=O)C(C)(C)C)(c1ccsc1)c1ccc2ccccc2c1. The summed E-state index contributed by atoms with van der Waals surface area (Å²) >= 11 is 1.50. The number of carbonyl (C=O) groups is 2. The van der Waals surface area contributed by atoms with Gasteiger partial charge < -0.3 is 4.74 Å². The maximum atomic E-state index is 13.3. The van der Waals surface area contributed by atoms with Gasteiger partial charge in [-0.05, 0) is 65.6 Å². The maximum absolute atomic E-state index is 13.3. The highest BCUT2D eigenvalue weighted by Gasteiger charge is 2.41. The van der Waals surface area contributed by atoms with Crippen LogP contribution in [0.2, 0.25) is 0 Å². The molecule has 2 unspecified atom stereocenters. The number of hydrogen-bond donors (Lipinski definition) is 1. The Labute approximate surface area is 189 Å². The summed E-state index contributed by atoms with van der Waals surface area (Å²) in [7, 11) is -0.208. The topological polar surface area (TPSA) is 72.5 Å². The summed E-state index contributed by atoms with van der Waals surface area (Å²) in [6.45, 7) is 5.64. The van der Waals surface area contributed by atoms with Crippen LogP contribution in [-0.4, -0.2) is 27.8 Å². The summed E-state index contributed by atoms with van der Waals surface area (Å²) in [5.74, 6) is -0.871. The Morgan fingerprint density at radius 2 is 1.74 bits per heavy atom. The predicted molar refractivity (Wildman–Crippen MR) is 126 cm³/mol. The lowest BCUT2D eigenvalue weighted by molar-refractivity contribution is -0.143. The minimum atomic E-state index is -1.47. The average Bonchev–Trinajstić information content (AvgIpc) is 3.27. The number of thiophene rings is 1. The van der Waals surface area contributed by atoms with E-state index < -0.39 is 27.2 Å². The molecule has 0 bridgehead atoms. The van der Waals surface area contributed by atoms with E-state index in [1.165, 1.54) is 18.4 Å². The van der Waals surface area contributed by atoms with Crippen molar-refractivity contribution in [2.45, 2.75) is 43.9 Å². The Kier molecular flexibility index (Phi) is 7.09. The third-order valence-electron chi connectivity index (χ3n) is 5.11. The van der Waals surface area contributed by atoms with Crippen LogP contribution in [0.5, 0.6) is 0 Å². The summed E-state index contributed by atoms with van der Waals surface area (Å²) in [4.78, 5) is 24.7. The number of fused-ring (bicyclic) bond motifs is 1. The van der Waals surface area contributed by atoms with Gasteiger partial charge in [0.05, 0.1) is 28.4 Å². The Morgan fingerprint density at radius 1 is 1.03 bits per heavy atom. The fourth-order valence-corrected chi connectivity index (χ4v) is 5.05. The van der Waals surface area contributed by atoms with Crippen LogP contribution in [0, 0.1) is 0 Å².